The zero-order chi connectivity index (χ0) is 21.2. The van der Waals surface area contributed by atoms with E-state index in [1.54, 1.807) is 5.19 Å². The van der Waals surface area contributed by atoms with Gasteiger partial charge >= 0.3 is 0 Å². The van der Waals surface area contributed by atoms with Crippen molar-refractivity contribution in [3.05, 3.63) is 58.1 Å². The zero-order valence-electron chi connectivity index (χ0n) is 19.1. The first-order chi connectivity index (χ1) is 13.5. The molecule has 0 spiro atoms. The van der Waals surface area contributed by atoms with Gasteiger partial charge in [-0.25, -0.2) is 0 Å². The monoisotopic (exact) mass is 424 g/mol. The molecular weight excluding hydrogens is 388 g/mol. The molecule has 0 aliphatic carbocycles. The van der Waals surface area contributed by atoms with E-state index >= 15 is 0 Å². The number of rotatable bonds is 6. The maximum Gasteiger partial charge on any atom is 0.120 e. The summed E-state index contributed by atoms with van der Waals surface area (Å²) in [5, 5.41) is 13.1. The Bertz CT molecular complexity index is 953. The molecule has 2 aliphatic rings. The lowest BCUT2D eigenvalue weighted by molar-refractivity contribution is -0.0118. The lowest BCUT2D eigenvalue weighted by Crippen LogP contribution is -2.46. The van der Waals surface area contributed by atoms with Gasteiger partial charge in [-0.2, -0.15) is 0 Å². The van der Waals surface area contributed by atoms with Crippen LogP contribution in [-0.4, -0.2) is 21.3 Å². The summed E-state index contributed by atoms with van der Waals surface area (Å²) in [7, 11) is -3.12. The van der Waals surface area contributed by atoms with Crippen LogP contribution in [0.4, 0.5) is 0 Å². The third-order valence-electron chi connectivity index (χ3n) is 6.72. The summed E-state index contributed by atoms with van der Waals surface area (Å²) < 4.78 is 7.04. The van der Waals surface area contributed by atoms with Gasteiger partial charge in [-0.05, 0) is 40.3 Å². The van der Waals surface area contributed by atoms with Gasteiger partial charge in [0.1, 0.15) is 11.7 Å². The molecule has 2 heterocycles. The standard InChI is InChI=1S/C25H36O2Si2/c1-8-9-13-25-19-14-17(16-26)15-21(29(5,6)7)22(19)24(27-25)18-11-10-12-20(23(18)25)28(2,3)4/h10-12,14-15,24,26H,8-9,13,16H2,1-7H3. The average Bonchev–Trinajstić information content (AvgIpc) is 3.16. The van der Waals surface area contributed by atoms with Gasteiger partial charge in [0.15, 0.2) is 0 Å². The van der Waals surface area contributed by atoms with Crippen molar-refractivity contribution in [2.75, 3.05) is 0 Å². The lowest BCUT2D eigenvalue weighted by Gasteiger charge is -2.35. The van der Waals surface area contributed by atoms with Crippen LogP contribution >= 0.6 is 0 Å². The second-order valence-corrected chi connectivity index (χ2v) is 21.0. The molecule has 156 valence electrons. The van der Waals surface area contributed by atoms with Gasteiger partial charge in [0.2, 0.25) is 0 Å². The molecule has 0 radical (unpaired) electrons. The van der Waals surface area contributed by atoms with Crippen LogP contribution < -0.4 is 10.4 Å². The third kappa shape index (κ3) is 3.11. The average molecular weight is 425 g/mol. The maximum absolute atomic E-state index is 10.0. The minimum atomic E-state index is -1.59. The van der Waals surface area contributed by atoms with Crippen molar-refractivity contribution in [1.29, 1.82) is 0 Å². The Kier molecular flexibility index (Phi) is 5.01. The second kappa shape index (κ2) is 6.91. The van der Waals surface area contributed by atoms with E-state index in [-0.39, 0.29) is 18.3 Å². The van der Waals surface area contributed by atoms with E-state index in [0.717, 1.165) is 24.8 Å². The van der Waals surface area contributed by atoms with E-state index in [9.17, 15) is 5.11 Å². The van der Waals surface area contributed by atoms with Crippen LogP contribution in [0.3, 0.4) is 0 Å². The Morgan fingerprint density at radius 3 is 2.28 bits per heavy atom. The van der Waals surface area contributed by atoms with Crippen molar-refractivity contribution in [2.24, 2.45) is 0 Å². The van der Waals surface area contributed by atoms with E-state index in [4.69, 9.17) is 4.74 Å². The molecule has 0 aromatic heterocycles. The van der Waals surface area contributed by atoms with Crippen LogP contribution in [0.5, 0.6) is 0 Å². The molecule has 2 bridgehead atoms. The van der Waals surface area contributed by atoms with Crippen LogP contribution in [0.15, 0.2) is 30.3 Å². The largest absolute Gasteiger partial charge is 0.392 e. The van der Waals surface area contributed by atoms with Crippen molar-refractivity contribution in [3.8, 4) is 0 Å². The van der Waals surface area contributed by atoms with E-state index in [1.165, 1.54) is 27.4 Å². The fourth-order valence-corrected chi connectivity index (χ4v) is 8.77. The van der Waals surface area contributed by atoms with Crippen LogP contribution in [-0.2, 0) is 16.9 Å². The Hall–Kier alpha value is -1.21. The molecule has 2 aliphatic heterocycles. The summed E-state index contributed by atoms with van der Waals surface area (Å²) in [5.74, 6) is 0. The van der Waals surface area contributed by atoms with Crippen molar-refractivity contribution in [1.82, 2.24) is 0 Å². The van der Waals surface area contributed by atoms with E-state index in [1.807, 2.05) is 0 Å². The first kappa shape index (κ1) is 21.0. The second-order valence-electron chi connectivity index (χ2n) is 11.0. The van der Waals surface area contributed by atoms with Gasteiger partial charge < -0.3 is 9.84 Å². The fraction of sp³-hybridized carbons (Fsp3) is 0.520. The molecule has 0 fully saturated rings. The minimum Gasteiger partial charge on any atom is -0.392 e. The Labute approximate surface area is 178 Å². The summed E-state index contributed by atoms with van der Waals surface area (Å²) in [6.07, 6.45) is 3.40. The number of hydrogen-bond acceptors (Lipinski definition) is 2. The van der Waals surface area contributed by atoms with Gasteiger partial charge in [-0.1, -0.05) is 93.7 Å². The van der Waals surface area contributed by atoms with Crippen molar-refractivity contribution < 1.29 is 9.84 Å². The van der Waals surface area contributed by atoms with Crippen molar-refractivity contribution in [3.63, 3.8) is 0 Å². The minimum absolute atomic E-state index is 0.0580. The molecule has 0 saturated heterocycles. The SMILES string of the molecule is CCCCC12OC(c3cccc([Si](C)(C)C)c31)c1c2cc(CO)cc1[Si](C)(C)C. The van der Waals surface area contributed by atoms with Crippen LogP contribution in [0.25, 0.3) is 0 Å². The van der Waals surface area contributed by atoms with E-state index in [2.05, 4.69) is 76.5 Å². The number of fused-ring (bicyclic) bond motifs is 8. The summed E-state index contributed by atoms with van der Waals surface area (Å²) >= 11 is 0. The van der Waals surface area contributed by atoms with Gasteiger partial charge in [0, 0.05) is 0 Å². The van der Waals surface area contributed by atoms with Crippen LogP contribution in [0.1, 0.15) is 60.1 Å². The Morgan fingerprint density at radius 1 is 1.00 bits per heavy atom. The first-order valence-corrected chi connectivity index (χ1v) is 18.1. The molecule has 2 unspecified atom stereocenters. The first-order valence-electron chi connectivity index (χ1n) is 11.1. The molecule has 2 aromatic rings. The molecule has 4 heteroatoms. The number of hydrogen-bond donors (Lipinski definition) is 1. The number of aliphatic hydroxyl groups is 1. The summed E-state index contributed by atoms with van der Waals surface area (Å²) in [6, 6.07) is 11.5. The molecule has 1 N–H and O–H groups in total. The molecule has 2 atom stereocenters. The molecule has 29 heavy (non-hydrogen) atoms. The highest BCUT2D eigenvalue weighted by Crippen LogP contribution is 2.59. The zero-order valence-corrected chi connectivity index (χ0v) is 21.1. The predicted octanol–water partition coefficient (Wildman–Crippen LogP) is 5.14. The number of benzene rings is 2. The van der Waals surface area contributed by atoms with Gasteiger partial charge in [-0.15, -0.1) is 0 Å². The van der Waals surface area contributed by atoms with E-state index in [0.29, 0.717) is 0 Å². The van der Waals surface area contributed by atoms with Crippen LogP contribution in [0.2, 0.25) is 39.3 Å². The third-order valence-corrected chi connectivity index (χ3v) is 10.8. The number of aliphatic hydroxyl groups excluding tert-OH is 1. The van der Waals surface area contributed by atoms with E-state index < -0.39 is 16.1 Å². The summed E-state index contributed by atoms with van der Waals surface area (Å²) in [6.45, 7) is 16.9. The van der Waals surface area contributed by atoms with Gasteiger partial charge in [-0.3, -0.25) is 0 Å². The molecule has 0 saturated carbocycles. The Morgan fingerprint density at radius 2 is 1.69 bits per heavy atom. The predicted molar refractivity (Wildman–Crippen MR) is 128 cm³/mol. The topological polar surface area (TPSA) is 29.5 Å². The van der Waals surface area contributed by atoms with Crippen LogP contribution in [0, 0.1) is 0 Å². The normalized spacial score (nSPS) is 22.7. The molecule has 2 aromatic carbocycles. The number of ether oxygens (including phenoxy) is 1. The highest BCUT2D eigenvalue weighted by molar-refractivity contribution is 6.89. The maximum atomic E-state index is 10.0. The van der Waals surface area contributed by atoms with Crippen molar-refractivity contribution >= 4 is 26.5 Å². The fourth-order valence-electron chi connectivity index (χ4n) is 5.39. The highest BCUT2D eigenvalue weighted by Gasteiger charge is 2.56. The molecule has 0 amide bonds. The van der Waals surface area contributed by atoms with Gasteiger partial charge in [0.05, 0.1) is 22.8 Å². The quantitative estimate of drug-likeness (QED) is 0.651. The van der Waals surface area contributed by atoms with Crippen molar-refractivity contribution in [2.45, 2.75) is 83.8 Å². The summed E-state index contributed by atoms with van der Waals surface area (Å²) in [4.78, 5) is 0. The summed E-state index contributed by atoms with van der Waals surface area (Å²) in [5.41, 5.74) is 6.38. The van der Waals surface area contributed by atoms with Gasteiger partial charge in [0.25, 0.3) is 0 Å². The number of unbranched alkanes of at least 4 members (excludes halogenated alkanes) is 1. The lowest BCUT2D eigenvalue weighted by atomic mass is 9.74. The molecule has 4 rings (SSSR count). The highest BCUT2D eigenvalue weighted by atomic mass is 28.3. The molecule has 2 nitrogen and oxygen atoms in total. The molecular formula is C25H36O2Si2. The Balaban J connectivity index is 2.06. The smallest absolute Gasteiger partial charge is 0.120 e.